The minimum atomic E-state index is -0.295. The monoisotopic (exact) mass is 529 g/mol. The average molecular weight is 529 g/mol. The van der Waals surface area contributed by atoms with Crippen molar-refractivity contribution in [2.45, 2.75) is 31.3 Å². The third-order valence-electron chi connectivity index (χ3n) is 5.56. The molecule has 30 heavy (non-hydrogen) atoms. The van der Waals surface area contributed by atoms with Crippen LogP contribution in [-0.4, -0.2) is 32.9 Å². The lowest BCUT2D eigenvalue weighted by atomic mass is 9.95. The van der Waals surface area contributed by atoms with Crippen molar-refractivity contribution in [3.63, 3.8) is 0 Å². The Morgan fingerprint density at radius 1 is 1.17 bits per heavy atom. The Morgan fingerprint density at radius 2 is 1.97 bits per heavy atom. The van der Waals surface area contributed by atoms with E-state index in [2.05, 4.69) is 15.6 Å². The molecular weight excluding hydrogens is 503 g/mol. The number of nitrogens with zero attached hydrogens (tertiary/aromatic N) is 1. The smallest absolute Gasteiger partial charge is 0.191 e. The van der Waals surface area contributed by atoms with Crippen molar-refractivity contribution in [3.05, 3.63) is 64.7 Å². The predicted octanol–water partition coefficient (Wildman–Crippen LogP) is 3.89. The summed E-state index contributed by atoms with van der Waals surface area (Å²) >= 11 is 0. The molecule has 1 aliphatic carbocycles. The average Bonchev–Trinajstić information content (AvgIpc) is 3.51. The molecule has 2 aromatic carbocycles. The Bertz CT molecular complexity index is 919. The fourth-order valence-corrected chi connectivity index (χ4v) is 3.82. The van der Waals surface area contributed by atoms with E-state index in [9.17, 15) is 8.78 Å². The number of guanidine groups is 1. The molecule has 0 atom stereocenters. The summed E-state index contributed by atoms with van der Waals surface area (Å²) in [4.78, 5) is 4.25. The van der Waals surface area contributed by atoms with Gasteiger partial charge in [-0.25, -0.2) is 8.78 Å². The normalized spacial score (nSPS) is 16.7. The van der Waals surface area contributed by atoms with Gasteiger partial charge in [-0.2, -0.15) is 0 Å². The lowest BCUT2D eigenvalue weighted by Gasteiger charge is -2.22. The maximum Gasteiger partial charge on any atom is 0.191 e. The van der Waals surface area contributed by atoms with Crippen LogP contribution < -0.4 is 15.4 Å². The molecule has 0 amide bonds. The Kier molecular flexibility index (Phi) is 7.51. The molecule has 8 heteroatoms. The first-order chi connectivity index (χ1) is 14.1. The molecule has 5 nitrogen and oxygen atoms in total. The van der Waals surface area contributed by atoms with Crippen molar-refractivity contribution in [1.29, 1.82) is 0 Å². The number of ether oxygens (including phenoxy) is 2. The third-order valence-corrected chi connectivity index (χ3v) is 5.56. The van der Waals surface area contributed by atoms with Gasteiger partial charge >= 0.3 is 0 Å². The molecule has 1 saturated carbocycles. The second-order valence-electron chi connectivity index (χ2n) is 7.53. The van der Waals surface area contributed by atoms with Gasteiger partial charge < -0.3 is 20.1 Å². The van der Waals surface area contributed by atoms with E-state index >= 15 is 0 Å². The Hall–Kier alpha value is -1.94. The summed E-state index contributed by atoms with van der Waals surface area (Å²) in [6.45, 7) is 1.71. The van der Waals surface area contributed by atoms with Crippen LogP contribution in [0.1, 0.15) is 29.5 Å². The SMILES string of the molecule is CN=C(NCCc1cc(F)cc2c1OCOC2)NCC1(c2ccccc2F)CC1.I. The number of hydrogen-bond donors (Lipinski definition) is 2. The molecule has 2 aromatic rings. The van der Waals surface area contributed by atoms with Crippen molar-refractivity contribution in [2.24, 2.45) is 4.99 Å². The summed E-state index contributed by atoms with van der Waals surface area (Å²) in [7, 11) is 1.70. The number of hydrogen-bond acceptors (Lipinski definition) is 3. The second kappa shape index (κ2) is 9.91. The first-order valence-electron chi connectivity index (χ1n) is 9.83. The van der Waals surface area contributed by atoms with Crippen LogP contribution in [0.25, 0.3) is 0 Å². The topological polar surface area (TPSA) is 54.9 Å². The van der Waals surface area contributed by atoms with Crippen LogP contribution in [0.5, 0.6) is 5.75 Å². The van der Waals surface area contributed by atoms with E-state index in [-0.39, 0.29) is 47.8 Å². The zero-order valence-corrected chi connectivity index (χ0v) is 19.2. The minimum absolute atomic E-state index is 0. The first kappa shape index (κ1) is 22.7. The molecule has 0 radical (unpaired) electrons. The number of fused-ring (bicyclic) bond motifs is 1. The molecule has 0 unspecified atom stereocenters. The first-order valence-corrected chi connectivity index (χ1v) is 9.83. The van der Waals surface area contributed by atoms with Gasteiger partial charge in [-0.3, -0.25) is 4.99 Å². The quantitative estimate of drug-likeness (QED) is 0.339. The second-order valence-corrected chi connectivity index (χ2v) is 7.53. The number of rotatable bonds is 6. The maximum absolute atomic E-state index is 14.2. The molecule has 0 spiro atoms. The lowest BCUT2D eigenvalue weighted by molar-refractivity contribution is -0.0172. The van der Waals surface area contributed by atoms with Crippen LogP contribution in [0.3, 0.4) is 0 Å². The maximum atomic E-state index is 14.2. The van der Waals surface area contributed by atoms with Crippen LogP contribution in [0.2, 0.25) is 0 Å². The van der Waals surface area contributed by atoms with E-state index in [0.29, 0.717) is 37.8 Å². The van der Waals surface area contributed by atoms with E-state index in [1.807, 2.05) is 12.1 Å². The van der Waals surface area contributed by atoms with E-state index in [1.165, 1.54) is 18.2 Å². The van der Waals surface area contributed by atoms with E-state index < -0.39 is 0 Å². The molecule has 0 aromatic heterocycles. The summed E-state index contributed by atoms with van der Waals surface area (Å²) in [5, 5.41) is 6.55. The van der Waals surface area contributed by atoms with Crippen LogP contribution in [-0.2, 0) is 23.2 Å². The molecule has 1 fully saturated rings. The van der Waals surface area contributed by atoms with Gasteiger partial charge in [0, 0.05) is 31.1 Å². The Balaban J connectivity index is 0.00000256. The number of nitrogens with one attached hydrogen (secondary N) is 2. The fourth-order valence-electron chi connectivity index (χ4n) is 3.82. The number of aliphatic imine (C=N–C) groups is 1. The van der Waals surface area contributed by atoms with Crippen LogP contribution in [0, 0.1) is 11.6 Å². The summed E-state index contributed by atoms with van der Waals surface area (Å²) in [5.41, 5.74) is 2.12. The zero-order chi connectivity index (χ0) is 20.3. The summed E-state index contributed by atoms with van der Waals surface area (Å²) < 4.78 is 38.8. The van der Waals surface area contributed by atoms with Crippen molar-refractivity contribution in [3.8, 4) is 5.75 Å². The van der Waals surface area contributed by atoms with E-state index in [1.54, 1.807) is 13.1 Å². The molecular formula is C22H26F2IN3O2. The van der Waals surface area contributed by atoms with Crippen LogP contribution in [0.15, 0.2) is 41.4 Å². The largest absolute Gasteiger partial charge is 0.467 e. The standard InChI is InChI=1S/C22H25F2N3O2.HI/c1-25-21(27-13-22(7-8-22)18-4-2-3-5-19(18)24)26-9-6-15-10-17(23)11-16-12-28-14-29-20(15)16;/h2-5,10-11H,6-9,12-14H2,1H3,(H2,25,26,27);1H. The Labute approximate surface area is 192 Å². The van der Waals surface area contributed by atoms with Gasteiger partial charge in [-0.05, 0) is 48.6 Å². The summed E-state index contributed by atoms with van der Waals surface area (Å²) in [6, 6.07) is 9.90. The third kappa shape index (κ3) is 5.03. The molecule has 0 saturated heterocycles. The van der Waals surface area contributed by atoms with Crippen molar-refractivity contribution >= 4 is 29.9 Å². The van der Waals surface area contributed by atoms with Crippen molar-refractivity contribution in [2.75, 3.05) is 26.9 Å². The van der Waals surface area contributed by atoms with Crippen LogP contribution in [0.4, 0.5) is 8.78 Å². The van der Waals surface area contributed by atoms with Gasteiger partial charge in [-0.1, -0.05) is 18.2 Å². The predicted molar refractivity (Wildman–Crippen MR) is 122 cm³/mol. The highest BCUT2D eigenvalue weighted by Gasteiger charge is 2.45. The lowest BCUT2D eigenvalue weighted by Crippen LogP contribution is -2.42. The molecule has 1 heterocycles. The van der Waals surface area contributed by atoms with Gasteiger partial charge in [0.15, 0.2) is 12.8 Å². The minimum Gasteiger partial charge on any atom is -0.467 e. The fraction of sp³-hybridized carbons (Fsp3) is 0.409. The molecule has 1 aliphatic heterocycles. The van der Waals surface area contributed by atoms with Crippen molar-refractivity contribution in [1.82, 2.24) is 10.6 Å². The number of benzene rings is 2. The highest BCUT2D eigenvalue weighted by molar-refractivity contribution is 14.0. The summed E-state index contributed by atoms with van der Waals surface area (Å²) in [5.74, 6) is 0.895. The molecule has 162 valence electrons. The van der Waals surface area contributed by atoms with Gasteiger partial charge in [0.25, 0.3) is 0 Å². The zero-order valence-electron chi connectivity index (χ0n) is 16.8. The van der Waals surface area contributed by atoms with Gasteiger partial charge in [-0.15, -0.1) is 24.0 Å². The van der Waals surface area contributed by atoms with E-state index in [4.69, 9.17) is 9.47 Å². The highest BCUT2D eigenvalue weighted by Crippen LogP contribution is 2.48. The highest BCUT2D eigenvalue weighted by atomic mass is 127. The molecule has 2 aliphatic rings. The number of halogens is 3. The summed E-state index contributed by atoms with van der Waals surface area (Å²) in [6.07, 6.45) is 2.48. The molecule has 0 bridgehead atoms. The van der Waals surface area contributed by atoms with E-state index in [0.717, 1.165) is 29.5 Å². The van der Waals surface area contributed by atoms with Gasteiger partial charge in [0.05, 0.1) is 6.61 Å². The molecule has 2 N–H and O–H groups in total. The molecule has 4 rings (SSSR count). The van der Waals surface area contributed by atoms with Crippen molar-refractivity contribution < 1.29 is 18.3 Å². The van der Waals surface area contributed by atoms with Crippen LogP contribution >= 0.6 is 24.0 Å². The van der Waals surface area contributed by atoms with Gasteiger partial charge in [0.2, 0.25) is 0 Å². The van der Waals surface area contributed by atoms with Gasteiger partial charge in [0.1, 0.15) is 17.4 Å². The Morgan fingerprint density at radius 3 is 2.70 bits per heavy atom.